The summed E-state index contributed by atoms with van der Waals surface area (Å²) in [5.41, 5.74) is 12.4. The molecule has 1 amide bonds. The monoisotopic (exact) mass is 476 g/mol. The molecule has 1 aromatic heterocycles. The lowest BCUT2D eigenvalue weighted by Crippen LogP contribution is -2.42. The maximum atomic E-state index is 13.7. The van der Waals surface area contributed by atoms with Gasteiger partial charge in [0, 0.05) is 31.1 Å². The predicted octanol–water partition coefficient (Wildman–Crippen LogP) is 3.31. The molecule has 0 radical (unpaired) electrons. The van der Waals surface area contributed by atoms with Crippen molar-refractivity contribution >= 4 is 11.6 Å². The summed E-state index contributed by atoms with van der Waals surface area (Å²) >= 11 is 0. The zero-order valence-corrected chi connectivity index (χ0v) is 21.0. The fourth-order valence-corrected chi connectivity index (χ4v) is 4.76. The molecule has 8 heteroatoms. The Kier molecular flexibility index (Phi) is 6.82. The first-order chi connectivity index (χ1) is 16.7. The van der Waals surface area contributed by atoms with Gasteiger partial charge in [-0.2, -0.15) is 0 Å². The van der Waals surface area contributed by atoms with Crippen LogP contribution < -0.4 is 26.4 Å². The predicted molar refractivity (Wildman–Crippen MR) is 135 cm³/mol. The fourth-order valence-electron chi connectivity index (χ4n) is 4.76. The lowest BCUT2D eigenvalue weighted by atomic mass is 9.97. The van der Waals surface area contributed by atoms with Crippen molar-refractivity contribution in [2.45, 2.75) is 53.6 Å². The van der Waals surface area contributed by atoms with Crippen LogP contribution in [0.5, 0.6) is 11.5 Å². The van der Waals surface area contributed by atoms with Crippen molar-refractivity contribution in [3.05, 3.63) is 68.6 Å². The van der Waals surface area contributed by atoms with E-state index < -0.39 is 5.91 Å². The van der Waals surface area contributed by atoms with E-state index in [1.54, 1.807) is 16.2 Å². The molecule has 0 saturated carbocycles. The van der Waals surface area contributed by atoms with Crippen molar-refractivity contribution in [1.82, 2.24) is 9.13 Å². The Morgan fingerprint density at radius 2 is 1.80 bits per heavy atom. The Hall–Kier alpha value is -3.81. The summed E-state index contributed by atoms with van der Waals surface area (Å²) in [6, 6.07) is 9.97. The quantitative estimate of drug-likeness (QED) is 0.565. The molecule has 2 aromatic carbocycles. The molecule has 0 atom stereocenters. The maximum absolute atomic E-state index is 13.7. The number of carbonyl (C=O) groups is 1. The minimum absolute atomic E-state index is 0.0514. The van der Waals surface area contributed by atoms with Gasteiger partial charge < -0.3 is 15.2 Å². The normalized spacial score (nSPS) is 12.8. The Morgan fingerprint density at radius 3 is 2.43 bits per heavy atom. The van der Waals surface area contributed by atoms with Gasteiger partial charge in [-0.05, 0) is 62.9 Å². The van der Waals surface area contributed by atoms with Crippen LogP contribution in [0.4, 0.5) is 5.69 Å². The number of aromatic nitrogens is 2. The van der Waals surface area contributed by atoms with Gasteiger partial charge in [0.1, 0.15) is 5.49 Å². The Labute approximate surface area is 204 Å². The second kappa shape index (κ2) is 9.82. The third-order valence-corrected chi connectivity index (χ3v) is 6.31. The molecule has 184 valence electrons. The van der Waals surface area contributed by atoms with E-state index in [0.717, 1.165) is 39.2 Å². The molecule has 4 rings (SSSR count). The first-order valence-electron chi connectivity index (χ1n) is 11.8. The van der Waals surface area contributed by atoms with E-state index in [9.17, 15) is 9.59 Å². The maximum Gasteiger partial charge on any atom is 0.330 e. The summed E-state index contributed by atoms with van der Waals surface area (Å²) in [6.45, 7) is 9.20. The molecule has 0 fully saturated rings. The summed E-state index contributed by atoms with van der Waals surface area (Å²) in [7, 11) is 1.60. The van der Waals surface area contributed by atoms with Gasteiger partial charge in [-0.1, -0.05) is 17.7 Å². The summed E-state index contributed by atoms with van der Waals surface area (Å²) in [6.07, 6.45) is 0.727. The van der Waals surface area contributed by atoms with Crippen LogP contribution in [0.25, 0.3) is 11.3 Å². The molecular weight excluding hydrogens is 444 g/mol. The van der Waals surface area contributed by atoms with Crippen LogP contribution in [0.1, 0.15) is 35.6 Å². The van der Waals surface area contributed by atoms with Crippen LogP contribution in [0.3, 0.4) is 0 Å². The topological polar surface area (TPSA) is 101 Å². The first-order valence-corrected chi connectivity index (χ1v) is 11.8. The highest BCUT2D eigenvalue weighted by atomic mass is 16.5. The number of hydrogen-bond donors (Lipinski definition) is 1. The minimum atomic E-state index is -0.466. The van der Waals surface area contributed by atoms with Crippen LogP contribution in [-0.4, -0.2) is 28.8 Å². The summed E-state index contributed by atoms with van der Waals surface area (Å²) in [4.78, 5) is 30.1. The van der Waals surface area contributed by atoms with Crippen molar-refractivity contribution in [2.75, 3.05) is 13.7 Å². The molecule has 0 bridgehead atoms. The van der Waals surface area contributed by atoms with E-state index in [2.05, 4.69) is 12.1 Å². The highest BCUT2D eigenvalue weighted by Gasteiger charge is 2.22. The molecular formula is C27H32N4O4. The smallest absolute Gasteiger partial charge is 0.330 e. The van der Waals surface area contributed by atoms with Gasteiger partial charge in [0.15, 0.2) is 11.5 Å². The number of carbonyl (C=O) groups excluding carboxylic acids is 1. The molecule has 0 spiro atoms. The van der Waals surface area contributed by atoms with E-state index in [1.807, 2.05) is 45.9 Å². The molecule has 2 N–H and O–H groups in total. The zero-order valence-electron chi connectivity index (χ0n) is 21.0. The molecule has 1 aliphatic heterocycles. The van der Waals surface area contributed by atoms with Gasteiger partial charge in [-0.3, -0.25) is 13.9 Å². The molecule has 3 aromatic rings. The molecule has 0 unspecified atom stereocenters. The molecule has 1 aliphatic rings. The van der Waals surface area contributed by atoms with Crippen molar-refractivity contribution < 1.29 is 14.3 Å². The Balaban J connectivity index is 2.00. The number of fused-ring (bicyclic) bond motifs is 3. The Morgan fingerprint density at radius 1 is 1.09 bits per heavy atom. The van der Waals surface area contributed by atoms with E-state index in [-0.39, 0.29) is 18.7 Å². The van der Waals surface area contributed by atoms with Gasteiger partial charge in [0.25, 0.3) is 0 Å². The number of rotatable bonds is 7. The summed E-state index contributed by atoms with van der Waals surface area (Å²) in [5.74, 6) is 0.834. The van der Waals surface area contributed by atoms with E-state index >= 15 is 0 Å². The van der Waals surface area contributed by atoms with Crippen molar-refractivity contribution in [2.24, 2.45) is 10.7 Å². The summed E-state index contributed by atoms with van der Waals surface area (Å²) in [5, 5.41) is 0. The van der Waals surface area contributed by atoms with Crippen LogP contribution in [-0.2, 0) is 24.3 Å². The van der Waals surface area contributed by atoms with Gasteiger partial charge >= 0.3 is 5.69 Å². The van der Waals surface area contributed by atoms with E-state index in [1.165, 1.54) is 0 Å². The van der Waals surface area contributed by atoms with Crippen LogP contribution in [0.15, 0.2) is 40.1 Å². The highest BCUT2D eigenvalue weighted by molar-refractivity contribution is 5.73. The van der Waals surface area contributed by atoms with E-state index in [4.69, 9.17) is 20.2 Å². The zero-order chi connectivity index (χ0) is 25.3. The van der Waals surface area contributed by atoms with Gasteiger partial charge in [0.05, 0.1) is 25.1 Å². The molecule has 8 nitrogen and oxygen atoms in total. The molecule has 0 aliphatic carbocycles. The largest absolute Gasteiger partial charge is 0.493 e. The lowest BCUT2D eigenvalue weighted by molar-refractivity contribution is -0.118. The average molecular weight is 477 g/mol. The van der Waals surface area contributed by atoms with Gasteiger partial charge in [0.2, 0.25) is 5.91 Å². The van der Waals surface area contributed by atoms with Gasteiger partial charge in [-0.15, -0.1) is 0 Å². The number of nitrogens with two attached hydrogens (primary N) is 1. The van der Waals surface area contributed by atoms with Crippen molar-refractivity contribution in [3.8, 4) is 22.8 Å². The number of hydrogen-bond acceptors (Lipinski definition) is 5. The number of nitrogens with zero attached hydrogens (tertiary/aromatic N) is 3. The van der Waals surface area contributed by atoms with Crippen LogP contribution >= 0.6 is 0 Å². The third-order valence-electron chi connectivity index (χ3n) is 6.31. The Bertz CT molecular complexity index is 1410. The molecule has 0 saturated heterocycles. The van der Waals surface area contributed by atoms with Crippen molar-refractivity contribution in [1.29, 1.82) is 0 Å². The first kappa shape index (κ1) is 24.3. The highest BCUT2D eigenvalue weighted by Crippen LogP contribution is 2.37. The fraction of sp³-hybridized carbons (Fsp3) is 0.370. The van der Waals surface area contributed by atoms with Crippen LogP contribution in [0.2, 0.25) is 0 Å². The second-order valence-electron chi connectivity index (χ2n) is 8.89. The standard InChI is InChI=1S/C27H32N4O4/c1-6-35-23-13-19-7-9-30-21(20(19)14-22(23)34-5)15-25(31(27(30)33)10-8-24(28)32)29-26-17(3)11-16(2)12-18(26)4/h11-15H,6-10H2,1-5H3,(H2,28,32). The summed E-state index contributed by atoms with van der Waals surface area (Å²) < 4.78 is 14.6. The SMILES string of the molecule is CCOc1cc2c(cc1OC)-c1cc(=Nc3c(C)cc(C)cc3C)n(CCC(N)=O)c(=O)n1CC2. The second-order valence-corrected chi connectivity index (χ2v) is 8.89. The van der Waals surface area contributed by atoms with Gasteiger partial charge in [-0.25, -0.2) is 9.79 Å². The van der Waals surface area contributed by atoms with E-state index in [0.29, 0.717) is 36.6 Å². The number of ether oxygens (including phenoxy) is 2. The number of benzene rings is 2. The number of methoxy groups -OCH3 is 1. The number of primary amides is 1. The lowest BCUT2D eigenvalue weighted by Gasteiger charge is -2.25. The number of aryl methyl sites for hydroxylation is 4. The molecule has 35 heavy (non-hydrogen) atoms. The van der Waals surface area contributed by atoms with Crippen molar-refractivity contribution in [3.63, 3.8) is 0 Å². The minimum Gasteiger partial charge on any atom is -0.493 e. The molecule has 2 heterocycles. The van der Waals surface area contributed by atoms with Crippen LogP contribution in [0, 0.1) is 20.8 Å². The average Bonchev–Trinajstić information content (AvgIpc) is 2.80. The third kappa shape index (κ3) is 4.73. The number of amides is 1.